The highest BCUT2D eigenvalue weighted by molar-refractivity contribution is 7.99. The van der Waals surface area contributed by atoms with Crippen molar-refractivity contribution in [1.82, 2.24) is 34.6 Å². The van der Waals surface area contributed by atoms with E-state index in [1.54, 1.807) is 18.5 Å². The van der Waals surface area contributed by atoms with Gasteiger partial charge in [-0.2, -0.15) is 0 Å². The number of aromatic nitrogens is 6. The molecule has 164 valence electrons. The van der Waals surface area contributed by atoms with Gasteiger partial charge in [0.2, 0.25) is 17.0 Å². The zero-order chi connectivity index (χ0) is 21.9. The number of para-hydroxylation sites is 1. The van der Waals surface area contributed by atoms with Crippen LogP contribution in [0.2, 0.25) is 0 Å². The Hall–Kier alpha value is -3.27. The van der Waals surface area contributed by atoms with Crippen LogP contribution in [0.25, 0.3) is 22.1 Å². The third kappa shape index (κ3) is 3.97. The minimum Gasteiger partial charge on any atom is -0.338 e. The van der Waals surface area contributed by atoms with E-state index in [-0.39, 0.29) is 5.91 Å². The molecule has 1 aromatic carbocycles. The number of benzene rings is 1. The minimum atomic E-state index is 0.0847. The van der Waals surface area contributed by atoms with E-state index in [0.717, 1.165) is 48.1 Å². The lowest BCUT2D eigenvalue weighted by Gasteiger charge is -2.34. The lowest BCUT2D eigenvalue weighted by molar-refractivity contribution is -0.128. The van der Waals surface area contributed by atoms with Crippen LogP contribution in [0.3, 0.4) is 0 Å². The van der Waals surface area contributed by atoms with Gasteiger partial charge in [-0.3, -0.25) is 4.79 Å². The third-order valence-electron chi connectivity index (χ3n) is 5.59. The van der Waals surface area contributed by atoms with Gasteiger partial charge in [-0.15, -0.1) is 10.2 Å². The molecule has 1 saturated heterocycles. The topological polar surface area (TPSA) is 92.9 Å². The number of carbonyl (C=O) groups is 1. The number of hydrogen-bond acceptors (Lipinski definition) is 8. The van der Waals surface area contributed by atoms with E-state index in [9.17, 15) is 4.79 Å². The lowest BCUT2D eigenvalue weighted by Crippen LogP contribution is -2.49. The van der Waals surface area contributed by atoms with Gasteiger partial charge in [0.05, 0.1) is 11.3 Å². The van der Waals surface area contributed by atoms with Crippen LogP contribution in [0.15, 0.2) is 47.9 Å². The summed E-state index contributed by atoms with van der Waals surface area (Å²) in [4.78, 5) is 30.1. The second-order valence-electron chi connectivity index (χ2n) is 7.64. The molecule has 1 fully saturated rings. The number of fused-ring (bicyclic) bond motifs is 3. The molecular formula is C22H24N8OS. The second kappa shape index (κ2) is 9.07. The Balaban J connectivity index is 1.26. The summed E-state index contributed by atoms with van der Waals surface area (Å²) < 4.78 is 2.19. The number of anilines is 1. The molecule has 3 aromatic heterocycles. The molecule has 1 aliphatic heterocycles. The van der Waals surface area contributed by atoms with Crippen LogP contribution in [0.4, 0.5) is 5.95 Å². The van der Waals surface area contributed by atoms with E-state index in [1.807, 2.05) is 17.0 Å². The molecule has 0 bridgehead atoms. The molecule has 0 saturated carbocycles. The maximum atomic E-state index is 12.8. The number of thioether (sulfide) groups is 1. The Labute approximate surface area is 189 Å². The fraction of sp³-hybridized carbons (Fsp3) is 0.364. The smallest absolute Gasteiger partial charge is 0.233 e. The molecule has 0 spiro atoms. The van der Waals surface area contributed by atoms with Crippen LogP contribution in [0.1, 0.15) is 13.3 Å². The number of piperazine rings is 1. The van der Waals surface area contributed by atoms with Crippen molar-refractivity contribution < 1.29 is 4.79 Å². The van der Waals surface area contributed by atoms with Crippen molar-refractivity contribution in [2.24, 2.45) is 0 Å². The zero-order valence-electron chi connectivity index (χ0n) is 17.9. The van der Waals surface area contributed by atoms with Crippen LogP contribution in [0, 0.1) is 0 Å². The molecule has 1 aliphatic rings. The van der Waals surface area contributed by atoms with Crippen molar-refractivity contribution in [3.05, 3.63) is 42.7 Å². The molecular weight excluding hydrogens is 424 g/mol. The number of carbonyl (C=O) groups excluding carboxylic acids is 1. The summed E-state index contributed by atoms with van der Waals surface area (Å²) in [5.74, 6) is 1.09. The first-order chi connectivity index (χ1) is 15.7. The number of amides is 1. The van der Waals surface area contributed by atoms with E-state index < -0.39 is 0 Å². The first-order valence-electron chi connectivity index (χ1n) is 10.8. The molecule has 0 aliphatic carbocycles. The van der Waals surface area contributed by atoms with Gasteiger partial charge in [0.25, 0.3) is 0 Å². The van der Waals surface area contributed by atoms with Crippen LogP contribution in [-0.4, -0.2) is 72.5 Å². The van der Waals surface area contributed by atoms with Gasteiger partial charge in [-0.25, -0.2) is 15.0 Å². The Morgan fingerprint density at radius 1 is 1.03 bits per heavy atom. The highest BCUT2D eigenvalue weighted by Crippen LogP contribution is 2.27. The molecule has 4 heterocycles. The Bertz CT molecular complexity index is 1240. The van der Waals surface area contributed by atoms with Crippen molar-refractivity contribution >= 4 is 45.7 Å². The molecule has 0 unspecified atom stereocenters. The predicted molar refractivity (Wildman–Crippen MR) is 125 cm³/mol. The van der Waals surface area contributed by atoms with Gasteiger partial charge >= 0.3 is 0 Å². The van der Waals surface area contributed by atoms with E-state index in [0.29, 0.717) is 29.9 Å². The fourth-order valence-electron chi connectivity index (χ4n) is 4.03. The quantitative estimate of drug-likeness (QED) is 0.416. The Morgan fingerprint density at radius 2 is 1.81 bits per heavy atom. The highest BCUT2D eigenvalue weighted by Gasteiger charge is 2.23. The summed E-state index contributed by atoms with van der Waals surface area (Å²) in [6.07, 6.45) is 4.47. The van der Waals surface area contributed by atoms with E-state index in [4.69, 9.17) is 4.98 Å². The normalized spacial score (nSPS) is 14.4. The van der Waals surface area contributed by atoms with E-state index in [1.165, 1.54) is 11.8 Å². The zero-order valence-corrected chi connectivity index (χ0v) is 18.7. The summed E-state index contributed by atoms with van der Waals surface area (Å²) in [6.45, 7) is 5.76. The van der Waals surface area contributed by atoms with Gasteiger partial charge in [-0.05, 0) is 18.6 Å². The fourth-order valence-corrected chi connectivity index (χ4v) is 4.71. The van der Waals surface area contributed by atoms with E-state index in [2.05, 4.69) is 48.7 Å². The SMILES string of the molecule is CCCn1c2ccccc2c2nnc(SCC(=O)N3CCN(c4ncccn4)CC3)nc21. The summed E-state index contributed by atoms with van der Waals surface area (Å²) in [5, 5.41) is 10.3. The Morgan fingerprint density at radius 3 is 2.59 bits per heavy atom. The standard InChI is InChI=1S/C22H24N8OS/c1-2-10-30-17-7-4-3-6-16(17)19-20(30)25-22(27-26-19)32-15-18(31)28-11-13-29(14-12-28)21-23-8-5-9-24-21/h3-9H,2,10-15H2,1H3. The van der Waals surface area contributed by atoms with Gasteiger partial charge in [0.15, 0.2) is 5.65 Å². The molecule has 4 aromatic rings. The maximum absolute atomic E-state index is 12.8. The molecule has 0 N–H and O–H groups in total. The third-order valence-corrected chi connectivity index (χ3v) is 6.42. The van der Waals surface area contributed by atoms with Crippen molar-refractivity contribution in [2.75, 3.05) is 36.8 Å². The number of rotatable bonds is 6. The van der Waals surface area contributed by atoms with Gasteiger partial charge < -0.3 is 14.4 Å². The molecule has 5 rings (SSSR count). The molecule has 32 heavy (non-hydrogen) atoms. The summed E-state index contributed by atoms with van der Waals surface area (Å²) in [5.41, 5.74) is 2.75. The van der Waals surface area contributed by atoms with Crippen LogP contribution in [0.5, 0.6) is 0 Å². The first-order valence-corrected chi connectivity index (χ1v) is 11.8. The largest absolute Gasteiger partial charge is 0.338 e. The van der Waals surface area contributed by atoms with Crippen molar-refractivity contribution in [1.29, 1.82) is 0 Å². The predicted octanol–water partition coefficient (Wildman–Crippen LogP) is 2.62. The monoisotopic (exact) mass is 448 g/mol. The number of hydrogen-bond donors (Lipinski definition) is 0. The number of nitrogens with zero attached hydrogens (tertiary/aromatic N) is 8. The average Bonchev–Trinajstić information content (AvgIpc) is 3.16. The van der Waals surface area contributed by atoms with Gasteiger partial charge in [0, 0.05) is 50.5 Å². The van der Waals surface area contributed by atoms with Crippen molar-refractivity contribution in [3.8, 4) is 0 Å². The summed E-state index contributed by atoms with van der Waals surface area (Å²) in [7, 11) is 0. The molecule has 0 atom stereocenters. The van der Waals surface area contributed by atoms with Crippen LogP contribution >= 0.6 is 11.8 Å². The van der Waals surface area contributed by atoms with Crippen LogP contribution < -0.4 is 4.90 Å². The first kappa shape index (κ1) is 20.6. The van der Waals surface area contributed by atoms with Crippen LogP contribution in [-0.2, 0) is 11.3 Å². The highest BCUT2D eigenvalue weighted by atomic mass is 32.2. The second-order valence-corrected chi connectivity index (χ2v) is 8.58. The molecule has 10 heteroatoms. The van der Waals surface area contributed by atoms with Crippen molar-refractivity contribution in [3.63, 3.8) is 0 Å². The summed E-state index contributed by atoms with van der Waals surface area (Å²) in [6, 6.07) is 9.97. The minimum absolute atomic E-state index is 0.0847. The molecule has 9 nitrogen and oxygen atoms in total. The summed E-state index contributed by atoms with van der Waals surface area (Å²) >= 11 is 1.34. The maximum Gasteiger partial charge on any atom is 0.233 e. The van der Waals surface area contributed by atoms with Gasteiger partial charge in [-0.1, -0.05) is 36.9 Å². The Kier molecular flexibility index (Phi) is 5.85. The van der Waals surface area contributed by atoms with Gasteiger partial charge in [0.1, 0.15) is 5.52 Å². The van der Waals surface area contributed by atoms with E-state index >= 15 is 0 Å². The molecule has 1 amide bonds. The lowest BCUT2D eigenvalue weighted by atomic mass is 10.2. The molecule has 0 radical (unpaired) electrons. The van der Waals surface area contributed by atoms with Crippen molar-refractivity contribution in [2.45, 2.75) is 25.0 Å². The average molecular weight is 449 g/mol. The number of aryl methyl sites for hydroxylation is 1.